The number of hydrogen-bond acceptors (Lipinski definition) is 11. The minimum absolute atomic E-state index is 0.0745. The number of aromatic nitrogens is 4. The fourth-order valence-corrected chi connectivity index (χ4v) is 1.81. The van der Waals surface area contributed by atoms with E-state index in [1.807, 2.05) is 0 Å². The van der Waals surface area contributed by atoms with Gasteiger partial charge in [0, 0.05) is 0 Å². The van der Waals surface area contributed by atoms with Gasteiger partial charge in [-0.2, -0.15) is 0 Å². The molecule has 0 spiro atoms. The lowest BCUT2D eigenvalue weighted by Crippen LogP contribution is -2.03. The average Bonchev–Trinajstić information content (AvgIpc) is 2.99. The fraction of sp³-hybridized carbons (Fsp3) is 0.375. The molecule has 2 rings (SSSR count). The van der Waals surface area contributed by atoms with Crippen LogP contribution in [0.3, 0.4) is 0 Å². The lowest BCUT2D eigenvalue weighted by molar-refractivity contribution is 0.0525. The molecule has 0 saturated carbocycles. The lowest BCUT2D eigenvalue weighted by Gasteiger charge is -1.93. The predicted molar refractivity (Wildman–Crippen MR) is 70.5 cm³/mol. The Kier molecular flexibility index (Phi) is 6.05. The van der Waals surface area contributed by atoms with Crippen LogP contribution in [-0.2, 0) is 11.3 Å². The molecule has 0 bridgehead atoms. The molecule has 0 fully saturated rings. The van der Waals surface area contributed by atoms with Crippen LogP contribution in [0.25, 0.3) is 0 Å². The average molecular weight is 304 g/mol. The van der Waals surface area contributed by atoms with Crippen LogP contribution in [0, 0.1) is 0 Å². The number of rotatable bonds is 3. The number of ether oxygens (including phenoxy) is 1. The van der Waals surface area contributed by atoms with E-state index in [1.54, 1.807) is 6.92 Å². The Labute approximate surface area is 116 Å². The molecule has 2 aromatic rings. The van der Waals surface area contributed by atoms with Gasteiger partial charge in [-0.05, 0) is 6.92 Å². The molecule has 0 aliphatic carbocycles. The van der Waals surface area contributed by atoms with Gasteiger partial charge in [0.25, 0.3) is 0 Å². The summed E-state index contributed by atoms with van der Waals surface area (Å²) in [4.78, 5) is 10.9. The van der Waals surface area contributed by atoms with Gasteiger partial charge in [0.05, 0.1) is 13.2 Å². The zero-order valence-corrected chi connectivity index (χ0v) is 11.6. The second-order valence-electron chi connectivity index (χ2n) is 2.86. The molecule has 0 radical (unpaired) electrons. The Bertz CT molecular complexity index is 528. The smallest absolute Gasteiger partial charge is 0.369 e. The number of nitrogen functional groups attached to an aromatic ring is 2. The number of nitrogens with two attached hydrogens (primary N) is 2. The third kappa shape index (κ3) is 5.11. The number of carbonyl (C=O) groups excluding carboxylic acids is 1. The summed E-state index contributed by atoms with van der Waals surface area (Å²) in [5.74, 6) is -0.471. The summed E-state index contributed by atoms with van der Waals surface area (Å²) in [5.41, 5.74) is 10.4. The Morgan fingerprint density at radius 2 is 1.84 bits per heavy atom. The van der Waals surface area contributed by atoms with Crippen molar-refractivity contribution in [3.8, 4) is 0 Å². The quantitative estimate of drug-likeness (QED) is 0.661. The monoisotopic (exact) mass is 304 g/mol. The third-order valence-electron chi connectivity index (χ3n) is 1.51. The van der Waals surface area contributed by atoms with E-state index in [9.17, 15) is 4.79 Å². The second-order valence-corrected chi connectivity index (χ2v) is 4.96. The standard InChI is InChI=1S/C5H7N3O2S.C3H5N3OS/c1-2-10-4(9)3-7-8-5(6)11-3;4-3-6-5-2(1-7)8-3/h2H2,1H3,(H2,6,8);7H,1H2,(H2,4,6). The van der Waals surface area contributed by atoms with Gasteiger partial charge >= 0.3 is 5.97 Å². The maximum atomic E-state index is 10.9. The van der Waals surface area contributed by atoms with Gasteiger partial charge in [-0.15, -0.1) is 20.4 Å². The first-order chi connectivity index (χ1) is 9.06. The zero-order chi connectivity index (χ0) is 14.3. The fourth-order valence-electron chi connectivity index (χ4n) is 0.840. The highest BCUT2D eigenvalue weighted by Gasteiger charge is 2.11. The van der Waals surface area contributed by atoms with Crippen LogP contribution in [0.5, 0.6) is 0 Å². The van der Waals surface area contributed by atoms with Gasteiger partial charge in [-0.1, -0.05) is 22.7 Å². The molecule has 19 heavy (non-hydrogen) atoms. The highest BCUT2D eigenvalue weighted by Crippen LogP contribution is 2.11. The molecule has 2 heterocycles. The van der Waals surface area contributed by atoms with Crippen LogP contribution in [0.4, 0.5) is 10.3 Å². The molecule has 0 aromatic carbocycles. The molecular weight excluding hydrogens is 292 g/mol. The Balaban J connectivity index is 0.000000200. The Hall–Kier alpha value is -1.85. The van der Waals surface area contributed by atoms with Crippen molar-refractivity contribution in [2.75, 3.05) is 18.1 Å². The van der Waals surface area contributed by atoms with Crippen LogP contribution >= 0.6 is 22.7 Å². The Morgan fingerprint density at radius 1 is 1.21 bits per heavy atom. The Morgan fingerprint density at radius 3 is 2.21 bits per heavy atom. The lowest BCUT2D eigenvalue weighted by atomic mass is 10.7. The van der Waals surface area contributed by atoms with Crippen molar-refractivity contribution in [1.29, 1.82) is 0 Å². The summed E-state index contributed by atoms with van der Waals surface area (Å²) in [7, 11) is 0. The molecule has 0 unspecified atom stereocenters. The van der Waals surface area contributed by atoms with Crippen molar-refractivity contribution in [2.24, 2.45) is 0 Å². The zero-order valence-electron chi connectivity index (χ0n) is 9.94. The molecule has 5 N–H and O–H groups in total. The van der Waals surface area contributed by atoms with Crippen molar-refractivity contribution in [3.63, 3.8) is 0 Å². The largest absolute Gasteiger partial charge is 0.461 e. The number of esters is 1. The molecular formula is C8H12N6O3S2. The van der Waals surface area contributed by atoms with E-state index in [0.717, 1.165) is 11.3 Å². The normalized spacial score (nSPS) is 9.58. The summed E-state index contributed by atoms with van der Waals surface area (Å²) in [6.45, 7) is 1.98. The van der Waals surface area contributed by atoms with E-state index in [0.29, 0.717) is 16.7 Å². The molecule has 2 aromatic heterocycles. The molecule has 9 nitrogen and oxygen atoms in total. The molecule has 11 heteroatoms. The van der Waals surface area contributed by atoms with Crippen molar-refractivity contribution in [3.05, 3.63) is 10.0 Å². The molecule has 104 valence electrons. The summed E-state index contributed by atoms with van der Waals surface area (Å²) >= 11 is 2.21. The van der Waals surface area contributed by atoms with Crippen LogP contribution in [0.15, 0.2) is 0 Å². The second kappa shape index (κ2) is 7.56. The maximum Gasteiger partial charge on any atom is 0.369 e. The number of aliphatic hydroxyl groups is 1. The SMILES string of the molecule is CCOC(=O)c1nnc(N)s1.Nc1nnc(CO)s1. The summed E-state index contributed by atoms with van der Waals surface area (Å²) in [6, 6.07) is 0. The van der Waals surface area contributed by atoms with Crippen LogP contribution in [0.1, 0.15) is 21.7 Å². The van der Waals surface area contributed by atoms with Gasteiger partial charge < -0.3 is 21.3 Å². The number of hydrogen-bond donors (Lipinski definition) is 3. The van der Waals surface area contributed by atoms with E-state index < -0.39 is 5.97 Å². The summed E-state index contributed by atoms with van der Waals surface area (Å²) < 4.78 is 4.65. The van der Waals surface area contributed by atoms with E-state index in [2.05, 4.69) is 25.1 Å². The summed E-state index contributed by atoms with van der Waals surface area (Å²) in [5, 5.41) is 23.8. The van der Waals surface area contributed by atoms with Crippen LogP contribution in [0.2, 0.25) is 0 Å². The van der Waals surface area contributed by atoms with E-state index in [-0.39, 0.29) is 16.7 Å². The minimum atomic E-state index is -0.471. The highest BCUT2D eigenvalue weighted by atomic mass is 32.1. The minimum Gasteiger partial charge on any atom is -0.461 e. The molecule has 0 saturated heterocycles. The van der Waals surface area contributed by atoms with Gasteiger partial charge in [0.2, 0.25) is 15.3 Å². The number of carbonyl (C=O) groups is 1. The highest BCUT2D eigenvalue weighted by molar-refractivity contribution is 7.16. The first-order valence-corrected chi connectivity index (χ1v) is 6.65. The molecule has 0 aliphatic heterocycles. The van der Waals surface area contributed by atoms with Gasteiger partial charge in [-0.3, -0.25) is 0 Å². The molecule has 0 aliphatic rings. The maximum absolute atomic E-state index is 10.9. The van der Waals surface area contributed by atoms with Crippen LogP contribution in [-0.4, -0.2) is 38.1 Å². The van der Waals surface area contributed by atoms with Gasteiger partial charge in [0.1, 0.15) is 5.01 Å². The first-order valence-electron chi connectivity index (χ1n) is 5.01. The third-order valence-corrected chi connectivity index (χ3v) is 2.98. The topological polar surface area (TPSA) is 150 Å². The number of nitrogens with zero attached hydrogens (tertiary/aromatic N) is 4. The van der Waals surface area contributed by atoms with E-state index in [1.165, 1.54) is 11.3 Å². The van der Waals surface area contributed by atoms with Crippen molar-refractivity contribution in [1.82, 2.24) is 20.4 Å². The van der Waals surface area contributed by atoms with Gasteiger partial charge in [-0.25, -0.2) is 4.79 Å². The number of aliphatic hydroxyl groups excluding tert-OH is 1. The van der Waals surface area contributed by atoms with E-state index in [4.69, 9.17) is 16.6 Å². The van der Waals surface area contributed by atoms with Gasteiger partial charge in [0.15, 0.2) is 0 Å². The van der Waals surface area contributed by atoms with Crippen LogP contribution < -0.4 is 11.5 Å². The first kappa shape index (κ1) is 15.2. The van der Waals surface area contributed by atoms with E-state index >= 15 is 0 Å². The van der Waals surface area contributed by atoms with Crippen molar-refractivity contribution < 1.29 is 14.6 Å². The molecule has 0 amide bonds. The number of anilines is 2. The predicted octanol–water partition coefficient (Wildman–Crippen LogP) is -0.0904. The van der Waals surface area contributed by atoms with Crippen molar-refractivity contribution >= 4 is 38.9 Å². The van der Waals surface area contributed by atoms with Crippen molar-refractivity contribution in [2.45, 2.75) is 13.5 Å². The molecule has 0 atom stereocenters. The summed E-state index contributed by atoms with van der Waals surface area (Å²) in [6.07, 6.45) is 0.